The fourth-order valence-corrected chi connectivity index (χ4v) is 4.26. The Morgan fingerprint density at radius 1 is 1.22 bits per heavy atom. The summed E-state index contributed by atoms with van der Waals surface area (Å²) < 4.78 is 10.6. The largest absolute Gasteiger partial charge is 0.450 e. The SMILES string of the molecule is CCOC(=O)N[C@H]1CC2(CCN(C(=O)OC(C)(C)C)CC2)c2ccccc21. The highest BCUT2D eigenvalue weighted by molar-refractivity contribution is 5.69. The fraction of sp³-hybridized carbons (Fsp3) is 0.619. The first-order valence-corrected chi connectivity index (χ1v) is 9.75. The van der Waals surface area contributed by atoms with Crippen molar-refractivity contribution in [3.8, 4) is 0 Å². The van der Waals surface area contributed by atoms with Crippen molar-refractivity contribution in [3.05, 3.63) is 35.4 Å². The van der Waals surface area contributed by atoms with Crippen LogP contribution in [0, 0.1) is 0 Å². The van der Waals surface area contributed by atoms with E-state index in [1.807, 2.05) is 32.9 Å². The van der Waals surface area contributed by atoms with Crippen molar-refractivity contribution in [2.24, 2.45) is 0 Å². The van der Waals surface area contributed by atoms with Crippen LogP contribution < -0.4 is 5.32 Å². The van der Waals surface area contributed by atoms with Crippen LogP contribution in [-0.4, -0.2) is 42.4 Å². The predicted molar refractivity (Wildman–Crippen MR) is 103 cm³/mol. The zero-order chi connectivity index (χ0) is 19.7. The number of alkyl carbamates (subject to hydrolysis) is 1. The summed E-state index contributed by atoms with van der Waals surface area (Å²) in [6.45, 7) is 9.14. The van der Waals surface area contributed by atoms with Crippen molar-refractivity contribution in [3.63, 3.8) is 0 Å². The Morgan fingerprint density at radius 3 is 2.52 bits per heavy atom. The maximum Gasteiger partial charge on any atom is 0.410 e. The van der Waals surface area contributed by atoms with Gasteiger partial charge in [-0.15, -0.1) is 0 Å². The molecule has 0 aromatic heterocycles. The highest BCUT2D eigenvalue weighted by atomic mass is 16.6. The Morgan fingerprint density at radius 2 is 1.89 bits per heavy atom. The molecule has 1 N–H and O–H groups in total. The molecule has 1 fully saturated rings. The van der Waals surface area contributed by atoms with E-state index in [1.54, 1.807) is 11.8 Å². The van der Waals surface area contributed by atoms with Crippen molar-refractivity contribution >= 4 is 12.2 Å². The highest BCUT2D eigenvalue weighted by Crippen LogP contribution is 2.50. The highest BCUT2D eigenvalue weighted by Gasteiger charge is 2.46. The van der Waals surface area contributed by atoms with Crippen LogP contribution in [0.25, 0.3) is 0 Å². The molecule has 1 aromatic carbocycles. The van der Waals surface area contributed by atoms with Crippen LogP contribution in [0.3, 0.4) is 0 Å². The van der Waals surface area contributed by atoms with Crippen LogP contribution in [0.1, 0.15) is 64.1 Å². The molecule has 1 aliphatic heterocycles. The standard InChI is InChI=1S/C21H30N2O4/c1-5-26-18(24)22-17-14-21(16-9-7-6-8-15(16)17)10-12-23(13-11-21)19(25)27-20(2,3)4/h6-9,17H,5,10-14H2,1-4H3,(H,22,24)/t17-/m0/s1. The molecule has 1 aliphatic carbocycles. The molecule has 148 valence electrons. The molecule has 0 saturated carbocycles. The summed E-state index contributed by atoms with van der Waals surface area (Å²) in [5.74, 6) is 0. The van der Waals surface area contributed by atoms with Gasteiger partial charge in [0.1, 0.15) is 5.60 Å². The Balaban J connectivity index is 1.72. The van der Waals surface area contributed by atoms with Crippen LogP contribution in [0.4, 0.5) is 9.59 Å². The number of benzene rings is 1. The number of carbonyl (C=O) groups excluding carboxylic acids is 2. The van der Waals surface area contributed by atoms with Gasteiger partial charge in [0.25, 0.3) is 0 Å². The minimum absolute atomic E-state index is 0.0146. The van der Waals surface area contributed by atoms with E-state index in [4.69, 9.17) is 9.47 Å². The summed E-state index contributed by atoms with van der Waals surface area (Å²) in [6, 6.07) is 8.25. The van der Waals surface area contributed by atoms with E-state index in [0.717, 1.165) is 24.8 Å². The number of rotatable bonds is 2. The van der Waals surface area contributed by atoms with E-state index in [1.165, 1.54) is 5.56 Å². The number of nitrogens with zero attached hydrogens (tertiary/aromatic N) is 1. The van der Waals surface area contributed by atoms with Crippen molar-refractivity contribution in [2.75, 3.05) is 19.7 Å². The predicted octanol–water partition coefficient (Wildman–Crippen LogP) is 4.15. The molecule has 3 rings (SSSR count). The molecule has 6 nitrogen and oxygen atoms in total. The molecule has 0 radical (unpaired) electrons. The topological polar surface area (TPSA) is 67.9 Å². The number of nitrogens with one attached hydrogen (secondary N) is 1. The molecular formula is C21H30N2O4. The summed E-state index contributed by atoms with van der Waals surface area (Å²) in [7, 11) is 0. The summed E-state index contributed by atoms with van der Waals surface area (Å²) in [6.07, 6.45) is 1.95. The van der Waals surface area contributed by atoms with Crippen molar-refractivity contribution in [2.45, 2.75) is 64.0 Å². The quantitative estimate of drug-likeness (QED) is 0.844. The molecule has 2 aliphatic rings. The zero-order valence-corrected chi connectivity index (χ0v) is 16.7. The molecule has 0 bridgehead atoms. The molecule has 1 atom stereocenters. The number of likely N-dealkylation sites (tertiary alicyclic amines) is 1. The number of carbonyl (C=O) groups is 2. The maximum atomic E-state index is 12.4. The van der Waals surface area contributed by atoms with Crippen LogP contribution in [-0.2, 0) is 14.9 Å². The fourth-order valence-electron chi connectivity index (χ4n) is 4.26. The van der Waals surface area contributed by atoms with Crippen LogP contribution in [0.5, 0.6) is 0 Å². The zero-order valence-electron chi connectivity index (χ0n) is 16.7. The maximum absolute atomic E-state index is 12.4. The van der Waals surface area contributed by atoms with Gasteiger partial charge in [0.2, 0.25) is 0 Å². The van der Waals surface area contributed by atoms with E-state index in [2.05, 4.69) is 17.4 Å². The third-order valence-corrected chi connectivity index (χ3v) is 5.44. The van der Waals surface area contributed by atoms with Gasteiger partial charge >= 0.3 is 12.2 Å². The monoisotopic (exact) mass is 374 g/mol. The van der Waals surface area contributed by atoms with Gasteiger partial charge in [-0.3, -0.25) is 0 Å². The van der Waals surface area contributed by atoms with Gasteiger partial charge in [-0.25, -0.2) is 9.59 Å². The van der Waals surface area contributed by atoms with E-state index in [0.29, 0.717) is 19.7 Å². The van der Waals surface area contributed by atoms with Crippen LogP contribution in [0.15, 0.2) is 24.3 Å². The van der Waals surface area contributed by atoms with Crippen molar-refractivity contribution < 1.29 is 19.1 Å². The minimum Gasteiger partial charge on any atom is -0.450 e. The second-order valence-electron chi connectivity index (χ2n) is 8.46. The van der Waals surface area contributed by atoms with Crippen LogP contribution in [0.2, 0.25) is 0 Å². The first kappa shape index (κ1) is 19.5. The van der Waals surface area contributed by atoms with Gasteiger partial charge in [0, 0.05) is 18.5 Å². The van der Waals surface area contributed by atoms with Gasteiger partial charge in [-0.1, -0.05) is 24.3 Å². The number of amides is 2. The van der Waals surface area contributed by atoms with E-state index < -0.39 is 5.60 Å². The molecule has 1 aromatic rings. The van der Waals surface area contributed by atoms with Gasteiger partial charge in [-0.05, 0) is 58.1 Å². The van der Waals surface area contributed by atoms with E-state index in [-0.39, 0.29) is 23.6 Å². The third kappa shape index (κ3) is 4.20. The normalized spacial score (nSPS) is 20.9. The van der Waals surface area contributed by atoms with Crippen molar-refractivity contribution in [1.82, 2.24) is 10.2 Å². The average Bonchev–Trinajstić information content (AvgIpc) is 2.88. The Kier molecular flexibility index (Phi) is 5.36. The van der Waals surface area contributed by atoms with Gasteiger partial charge in [0.15, 0.2) is 0 Å². The average molecular weight is 374 g/mol. The number of fused-ring (bicyclic) bond motifs is 2. The lowest BCUT2D eigenvalue weighted by Crippen LogP contribution is -2.46. The van der Waals surface area contributed by atoms with Crippen molar-refractivity contribution in [1.29, 1.82) is 0 Å². The summed E-state index contributed by atoms with van der Waals surface area (Å²) in [4.78, 5) is 26.1. The lowest BCUT2D eigenvalue weighted by molar-refractivity contribution is 0.0161. The van der Waals surface area contributed by atoms with Gasteiger partial charge in [0.05, 0.1) is 12.6 Å². The molecule has 1 spiro atoms. The molecular weight excluding hydrogens is 344 g/mol. The van der Waals surface area contributed by atoms with E-state index >= 15 is 0 Å². The molecule has 0 unspecified atom stereocenters. The smallest absolute Gasteiger partial charge is 0.410 e. The summed E-state index contributed by atoms with van der Waals surface area (Å²) >= 11 is 0. The first-order valence-electron chi connectivity index (χ1n) is 9.75. The van der Waals surface area contributed by atoms with Gasteiger partial charge < -0.3 is 19.7 Å². The lowest BCUT2D eigenvalue weighted by atomic mass is 9.73. The summed E-state index contributed by atoms with van der Waals surface area (Å²) in [5, 5.41) is 3.01. The second kappa shape index (κ2) is 7.41. The minimum atomic E-state index is -0.485. The molecule has 1 saturated heterocycles. The first-order chi connectivity index (χ1) is 12.7. The summed E-state index contributed by atoms with van der Waals surface area (Å²) in [5.41, 5.74) is 1.95. The van der Waals surface area contributed by atoms with Gasteiger partial charge in [-0.2, -0.15) is 0 Å². The Labute approximate surface area is 161 Å². The molecule has 6 heteroatoms. The second-order valence-corrected chi connectivity index (χ2v) is 8.46. The number of piperidine rings is 1. The molecule has 2 amide bonds. The number of hydrogen-bond acceptors (Lipinski definition) is 4. The lowest BCUT2D eigenvalue weighted by Gasteiger charge is -2.40. The molecule has 27 heavy (non-hydrogen) atoms. The number of hydrogen-bond donors (Lipinski definition) is 1. The number of ether oxygens (including phenoxy) is 2. The van der Waals surface area contributed by atoms with Crippen LogP contribution >= 0.6 is 0 Å². The van der Waals surface area contributed by atoms with E-state index in [9.17, 15) is 9.59 Å². The Bertz CT molecular complexity index is 702. The molecule has 1 heterocycles. The Hall–Kier alpha value is -2.24. The third-order valence-electron chi connectivity index (χ3n) is 5.44.